The number of aliphatic hydroxyl groups is 1. The second-order valence-corrected chi connectivity index (χ2v) is 8.33. The van der Waals surface area contributed by atoms with E-state index in [1.165, 1.54) is 11.1 Å². The third-order valence-corrected chi connectivity index (χ3v) is 5.34. The summed E-state index contributed by atoms with van der Waals surface area (Å²) in [6.07, 6.45) is 1.22. The predicted octanol–water partition coefficient (Wildman–Crippen LogP) is 7.36. The molecule has 4 aromatic rings. The van der Waals surface area contributed by atoms with Crippen LogP contribution in [0.4, 0.5) is 0 Å². The first kappa shape index (κ1) is 22.8. The van der Waals surface area contributed by atoms with Gasteiger partial charge in [-0.15, -0.1) is 0 Å². The van der Waals surface area contributed by atoms with Gasteiger partial charge in [-0.25, -0.2) is 4.98 Å². The lowest BCUT2D eigenvalue weighted by atomic mass is 10.0. The van der Waals surface area contributed by atoms with Crippen LogP contribution in [-0.2, 0) is 0 Å². The highest BCUT2D eigenvalue weighted by atomic mass is 35.5. The smallest absolute Gasteiger partial charge is 0.146 e. The van der Waals surface area contributed by atoms with E-state index in [4.69, 9.17) is 11.6 Å². The van der Waals surface area contributed by atoms with Crippen LogP contribution in [0.25, 0.3) is 17.1 Å². The van der Waals surface area contributed by atoms with Crippen molar-refractivity contribution < 1.29 is 5.11 Å². The number of nitrogens with zero attached hydrogens (tertiary/aromatic N) is 2. The van der Waals surface area contributed by atoms with E-state index >= 15 is 0 Å². The van der Waals surface area contributed by atoms with Gasteiger partial charge in [0.2, 0.25) is 0 Å². The fourth-order valence-electron chi connectivity index (χ4n) is 3.25. The Morgan fingerprint density at radius 3 is 2.13 bits per heavy atom. The van der Waals surface area contributed by atoms with E-state index < -0.39 is 6.10 Å². The van der Waals surface area contributed by atoms with E-state index in [9.17, 15) is 5.11 Å². The van der Waals surface area contributed by atoms with Gasteiger partial charge in [0.25, 0.3) is 0 Å². The van der Waals surface area contributed by atoms with Crippen molar-refractivity contribution in [3.05, 3.63) is 107 Å². The fraction of sp³-hybridized carbons (Fsp3) is 0.222. The van der Waals surface area contributed by atoms with Crippen molar-refractivity contribution in [3.8, 4) is 17.1 Å². The molecule has 0 radical (unpaired) electrons. The molecule has 1 aromatic heterocycles. The maximum Gasteiger partial charge on any atom is 0.146 e. The Bertz CT molecular complexity index is 1120. The first-order valence-corrected chi connectivity index (χ1v) is 10.9. The van der Waals surface area contributed by atoms with Crippen LogP contribution in [0.2, 0.25) is 5.02 Å². The molecule has 31 heavy (non-hydrogen) atoms. The van der Waals surface area contributed by atoms with Crippen LogP contribution < -0.4 is 0 Å². The van der Waals surface area contributed by atoms with E-state index in [-0.39, 0.29) is 0 Å². The average molecular weight is 433 g/mol. The second-order valence-electron chi connectivity index (χ2n) is 7.92. The Hall–Kier alpha value is -2.88. The number of aryl methyl sites for hydroxylation is 1. The molecule has 0 aliphatic heterocycles. The maximum absolute atomic E-state index is 9.82. The van der Waals surface area contributed by atoms with Gasteiger partial charge in [0.1, 0.15) is 5.82 Å². The van der Waals surface area contributed by atoms with Gasteiger partial charge in [-0.3, -0.25) is 4.57 Å². The Kier molecular flexibility index (Phi) is 7.67. The second kappa shape index (κ2) is 10.4. The maximum atomic E-state index is 9.82. The molecular formula is C27H29ClN2O. The molecule has 0 amide bonds. The molecule has 0 spiro atoms. The third kappa shape index (κ3) is 5.84. The lowest BCUT2D eigenvalue weighted by molar-refractivity contribution is 0.195. The molecule has 1 unspecified atom stereocenters. The average Bonchev–Trinajstić information content (AvgIpc) is 3.21. The quantitative estimate of drug-likeness (QED) is 0.365. The van der Waals surface area contributed by atoms with Crippen LogP contribution in [0.1, 0.15) is 49.6 Å². The summed E-state index contributed by atoms with van der Waals surface area (Å²) in [5.41, 5.74) is 5.22. The van der Waals surface area contributed by atoms with Crippen LogP contribution >= 0.6 is 11.6 Å². The van der Waals surface area contributed by atoms with Crippen molar-refractivity contribution in [2.24, 2.45) is 0 Å². The summed E-state index contributed by atoms with van der Waals surface area (Å²) in [6.45, 7) is 8.27. The Morgan fingerprint density at radius 2 is 1.55 bits per heavy atom. The first-order chi connectivity index (χ1) is 14.9. The monoisotopic (exact) mass is 432 g/mol. The molecule has 1 atom stereocenters. The van der Waals surface area contributed by atoms with E-state index in [1.54, 1.807) is 6.92 Å². The van der Waals surface area contributed by atoms with Gasteiger partial charge in [-0.05, 0) is 49.6 Å². The summed E-state index contributed by atoms with van der Waals surface area (Å²) in [6, 6.07) is 26.1. The molecular weight excluding hydrogens is 404 g/mol. The molecule has 160 valence electrons. The summed E-state index contributed by atoms with van der Waals surface area (Å²) in [4.78, 5) is 4.55. The van der Waals surface area contributed by atoms with Gasteiger partial charge in [0, 0.05) is 17.4 Å². The number of hydrogen-bond acceptors (Lipinski definition) is 2. The molecule has 4 rings (SSSR count). The van der Waals surface area contributed by atoms with Crippen molar-refractivity contribution in [1.82, 2.24) is 9.55 Å². The molecule has 0 bridgehead atoms. The number of aromatic nitrogens is 2. The summed E-state index contributed by atoms with van der Waals surface area (Å²) in [7, 11) is 0. The lowest BCUT2D eigenvalue weighted by Gasteiger charge is -2.08. The van der Waals surface area contributed by atoms with Crippen molar-refractivity contribution in [2.75, 3.05) is 0 Å². The van der Waals surface area contributed by atoms with Crippen LogP contribution in [0.15, 0.2) is 85.1 Å². The third-order valence-electron chi connectivity index (χ3n) is 5.01. The molecule has 1 heterocycles. The van der Waals surface area contributed by atoms with Crippen molar-refractivity contribution in [3.63, 3.8) is 0 Å². The zero-order valence-electron chi connectivity index (χ0n) is 18.5. The van der Waals surface area contributed by atoms with E-state index in [2.05, 4.69) is 50.0 Å². The Balaban J connectivity index is 0.000000229. The van der Waals surface area contributed by atoms with Gasteiger partial charge in [-0.2, -0.15) is 0 Å². The predicted molar refractivity (Wildman–Crippen MR) is 130 cm³/mol. The number of benzene rings is 3. The summed E-state index contributed by atoms with van der Waals surface area (Å²) < 4.78 is 1.95. The highest BCUT2D eigenvalue weighted by Crippen LogP contribution is 2.30. The number of imidazole rings is 1. The van der Waals surface area contributed by atoms with Crippen LogP contribution in [0, 0.1) is 6.92 Å². The topological polar surface area (TPSA) is 38.0 Å². The minimum atomic E-state index is -0.629. The van der Waals surface area contributed by atoms with Crippen LogP contribution in [-0.4, -0.2) is 14.7 Å². The summed E-state index contributed by atoms with van der Waals surface area (Å²) >= 11 is 6.29. The minimum Gasteiger partial charge on any atom is -0.387 e. The van der Waals surface area contributed by atoms with Crippen LogP contribution in [0.5, 0.6) is 0 Å². The SMILES string of the molecule is CC(O)c1cn(-c2ccccc2)c(-c2ccccc2Cl)n1.Cc1cccc(C(C)C)c1. The van der Waals surface area contributed by atoms with Crippen LogP contribution in [0.3, 0.4) is 0 Å². The van der Waals surface area contributed by atoms with Gasteiger partial charge in [0.05, 0.1) is 16.8 Å². The summed E-state index contributed by atoms with van der Waals surface area (Å²) in [5.74, 6) is 1.38. The number of halogens is 1. The molecule has 0 saturated carbocycles. The number of hydrogen-bond donors (Lipinski definition) is 1. The molecule has 1 N–H and O–H groups in total. The van der Waals surface area contributed by atoms with Crippen molar-refractivity contribution >= 4 is 11.6 Å². The minimum absolute atomic E-state index is 0.619. The molecule has 0 fully saturated rings. The number of aliphatic hydroxyl groups excluding tert-OH is 1. The zero-order chi connectivity index (χ0) is 22.4. The van der Waals surface area contributed by atoms with E-state index in [1.807, 2.05) is 65.4 Å². The highest BCUT2D eigenvalue weighted by molar-refractivity contribution is 6.33. The molecule has 4 heteroatoms. The van der Waals surface area contributed by atoms with E-state index in [0.29, 0.717) is 16.6 Å². The molecule has 0 aliphatic rings. The van der Waals surface area contributed by atoms with Gasteiger partial charge in [0.15, 0.2) is 0 Å². The molecule has 0 aliphatic carbocycles. The molecule has 3 nitrogen and oxygen atoms in total. The largest absolute Gasteiger partial charge is 0.387 e. The van der Waals surface area contributed by atoms with Crippen molar-refractivity contribution in [2.45, 2.75) is 39.7 Å². The normalized spacial score (nSPS) is 11.7. The standard InChI is InChI=1S/C17H15ClN2O.C10H14/c1-12(21)16-11-20(13-7-3-2-4-8-13)17(19-16)14-9-5-6-10-15(14)18;1-8(2)10-6-4-5-9(3)7-10/h2-12,21H,1H3;4-8H,1-3H3. The zero-order valence-corrected chi connectivity index (χ0v) is 19.2. The number of para-hydroxylation sites is 1. The molecule has 3 aromatic carbocycles. The summed E-state index contributed by atoms with van der Waals surface area (Å²) in [5, 5.41) is 10.5. The van der Waals surface area contributed by atoms with Crippen molar-refractivity contribution in [1.29, 1.82) is 0 Å². The Labute approximate surface area is 190 Å². The molecule has 0 saturated heterocycles. The Morgan fingerprint density at radius 1 is 0.871 bits per heavy atom. The van der Waals surface area contributed by atoms with E-state index in [0.717, 1.165) is 17.1 Å². The lowest BCUT2D eigenvalue weighted by Crippen LogP contribution is -1.96. The number of rotatable bonds is 4. The van der Waals surface area contributed by atoms with Gasteiger partial charge >= 0.3 is 0 Å². The van der Waals surface area contributed by atoms with Gasteiger partial charge in [-0.1, -0.05) is 85.6 Å². The highest BCUT2D eigenvalue weighted by Gasteiger charge is 2.16. The first-order valence-electron chi connectivity index (χ1n) is 10.5. The fourth-order valence-corrected chi connectivity index (χ4v) is 3.47. The van der Waals surface area contributed by atoms with Gasteiger partial charge < -0.3 is 5.11 Å².